The summed E-state index contributed by atoms with van der Waals surface area (Å²) in [5.74, 6) is 0. The fraction of sp³-hybridized carbons (Fsp3) is 0.583. The number of ether oxygens (including phenoxy) is 1. The van der Waals surface area contributed by atoms with Crippen LogP contribution in [0.1, 0.15) is 13.3 Å². The van der Waals surface area contributed by atoms with E-state index < -0.39 is 12.8 Å². The highest BCUT2D eigenvalue weighted by molar-refractivity contribution is 5.53. The molecule has 1 aromatic heterocycles. The molecule has 1 heterocycles. The van der Waals surface area contributed by atoms with Crippen molar-refractivity contribution in [2.75, 3.05) is 36.9 Å². The maximum atomic E-state index is 11.8. The van der Waals surface area contributed by atoms with E-state index in [1.54, 1.807) is 12.4 Å². The van der Waals surface area contributed by atoms with Crippen LogP contribution in [0.15, 0.2) is 18.5 Å². The zero-order chi connectivity index (χ0) is 14.1. The van der Waals surface area contributed by atoms with Crippen LogP contribution >= 0.6 is 0 Å². The average molecular weight is 277 g/mol. The van der Waals surface area contributed by atoms with Gasteiger partial charge < -0.3 is 15.4 Å². The molecular weight excluding hydrogens is 259 g/mol. The average Bonchev–Trinajstić information content (AvgIpc) is 2.35. The van der Waals surface area contributed by atoms with Crippen LogP contribution in [0, 0.1) is 0 Å². The number of anilines is 2. The van der Waals surface area contributed by atoms with E-state index in [-0.39, 0.29) is 6.61 Å². The van der Waals surface area contributed by atoms with Crippen LogP contribution < -0.4 is 10.6 Å². The van der Waals surface area contributed by atoms with Gasteiger partial charge in [0, 0.05) is 13.1 Å². The molecule has 4 nitrogen and oxygen atoms in total. The molecule has 0 spiro atoms. The molecule has 0 saturated heterocycles. The number of nitrogens with one attached hydrogen (secondary N) is 2. The number of hydrogen-bond donors (Lipinski definition) is 2. The molecule has 108 valence electrons. The molecule has 0 bridgehead atoms. The van der Waals surface area contributed by atoms with Gasteiger partial charge in [0.25, 0.3) is 0 Å². The minimum Gasteiger partial charge on any atom is -0.384 e. The van der Waals surface area contributed by atoms with Crippen molar-refractivity contribution < 1.29 is 17.9 Å². The van der Waals surface area contributed by atoms with Gasteiger partial charge in [-0.05, 0) is 12.5 Å². The van der Waals surface area contributed by atoms with Crippen molar-refractivity contribution in [1.29, 1.82) is 0 Å². The van der Waals surface area contributed by atoms with Crippen molar-refractivity contribution in [2.45, 2.75) is 19.5 Å². The topological polar surface area (TPSA) is 46.2 Å². The molecule has 1 aromatic rings. The van der Waals surface area contributed by atoms with Crippen molar-refractivity contribution >= 4 is 11.4 Å². The van der Waals surface area contributed by atoms with Gasteiger partial charge in [-0.1, -0.05) is 6.92 Å². The quantitative estimate of drug-likeness (QED) is 0.717. The lowest BCUT2D eigenvalue weighted by Gasteiger charge is -2.10. The first-order valence-electron chi connectivity index (χ1n) is 6.08. The summed E-state index contributed by atoms with van der Waals surface area (Å²) in [5, 5.41) is 6.13. The predicted octanol–water partition coefficient (Wildman–Crippen LogP) is 2.89. The Morgan fingerprint density at radius 3 is 2.37 bits per heavy atom. The van der Waals surface area contributed by atoms with Crippen molar-refractivity contribution in [2.24, 2.45) is 0 Å². The monoisotopic (exact) mass is 277 g/mol. The van der Waals surface area contributed by atoms with Gasteiger partial charge in [0.15, 0.2) is 0 Å². The molecule has 0 aliphatic carbocycles. The van der Waals surface area contributed by atoms with Crippen molar-refractivity contribution in [3.63, 3.8) is 0 Å². The second-order valence-corrected chi connectivity index (χ2v) is 3.98. The first-order valence-corrected chi connectivity index (χ1v) is 6.08. The van der Waals surface area contributed by atoms with Crippen molar-refractivity contribution in [3.8, 4) is 0 Å². The summed E-state index contributed by atoms with van der Waals surface area (Å²) in [6.45, 7) is 1.98. The maximum Gasteiger partial charge on any atom is 0.411 e. The zero-order valence-corrected chi connectivity index (χ0v) is 10.8. The molecule has 19 heavy (non-hydrogen) atoms. The first kappa shape index (κ1) is 15.6. The van der Waals surface area contributed by atoms with Crippen LogP contribution in [0.4, 0.5) is 24.5 Å². The van der Waals surface area contributed by atoms with Crippen molar-refractivity contribution in [1.82, 2.24) is 4.98 Å². The lowest BCUT2D eigenvalue weighted by Crippen LogP contribution is -2.20. The number of nitrogens with zero attached hydrogens (tertiary/aromatic N) is 1. The van der Waals surface area contributed by atoms with E-state index in [0.717, 1.165) is 24.3 Å². The summed E-state index contributed by atoms with van der Waals surface area (Å²) in [6, 6.07) is 1.85. The molecule has 0 saturated carbocycles. The fourth-order valence-corrected chi connectivity index (χ4v) is 1.36. The number of rotatable bonds is 8. The standard InChI is InChI=1S/C12H18F3N3O/c1-2-3-17-10-6-11(8-16-7-10)18-4-5-19-9-12(13,14)15/h6-8,17-18H,2-5,9H2,1H3. The lowest BCUT2D eigenvalue weighted by molar-refractivity contribution is -0.172. The van der Waals surface area contributed by atoms with E-state index in [9.17, 15) is 13.2 Å². The summed E-state index contributed by atoms with van der Waals surface area (Å²) in [4.78, 5) is 4.03. The Bertz CT molecular complexity index is 371. The van der Waals surface area contributed by atoms with E-state index in [4.69, 9.17) is 0 Å². The molecule has 0 aliphatic rings. The van der Waals surface area contributed by atoms with E-state index in [0.29, 0.717) is 6.54 Å². The second kappa shape index (κ2) is 7.83. The molecule has 0 radical (unpaired) electrons. The van der Waals surface area contributed by atoms with E-state index in [1.807, 2.05) is 6.07 Å². The third-order valence-corrected chi connectivity index (χ3v) is 2.16. The Morgan fingerprint density at radius 1 is 1.16 bits per heavy atom. The minimum atomic E-state index is -4.27. The predicted molar refractivity (Wildman–Crippen MR) is 68.4 cm³/mol. The first-order chi connectivity index (χ1) is 9.01. The second-order valence-electron chi connectivity index (χ2n) is 3.98. The zero-order valence-electron chi connectivity index (χ0n) is 10.8. The van der Waals surface area contributed by atoms with Gasteiger partial charge in [-0.25, -0.2) is 0 Å². The van der Waals surface area contributed by atoms with Gasteiger partial charge in [0.1, 0.15) is 6.61 Å². The highest BCUT2D eigenvalue weighted by atomic mass is 19.4. The highest BCUT2D eigenvalue weighted by Crippen LogP contribution is 2.15. The summed E-state index contributed by atoms with van der Waals surface area (Å²) >= 11 is 0. The van der Waals surface area contributed by atoms with Gasteiger partial charge in [-0.3, -0.25) is 4.98 Å². The fourth-order valence-electron chi connectivity index (χ4n) is 1.36. The Labute approximate surface area is 110 Å². The van der Waals surface area contributed by atoms with Crippen LogP contribution in [-0.2, 0) is 4.74 Å². The van der Waals surface area contributed by atoms with Crippen molar-refractivity contribution in [3.05, 3.63) is 18.5 Å². The van der Waals surface area contributed by atoms with Gasteiger partial charge >= 0.3 is 6.18 Å². The third kappa shape index (κ3) is 7.50. The molecule has 2 N–H and O–H groups in total. The molecule has 0 unspecified atom stereocenters. The number of alkyl halides is 3. The van der Waals surface area contributed by atoms with Crippen LogP contribution in [0.5, 0.6) is 0 Å². The van der Waals surface area contributed by atoms with Gasteiger partial charge in [0.05, 0.1) is 30.4 Å². The largest absolute Gasteiger partial charge is 0.411 e. The summed E-state index contributed by atoms with van der Waals surface area (Å²) in [6.07, 6.45) is 0.0381. The summed E-state index contributed by atoms with van der Waals surface area (Å²) in [5.41, 5.74) is 1.62. The highest BCUT2D eigenvalue weighted by Gasteiger charge is 2.27. The van der Waals surface area contributed by atoms with Crippen LogP contribution in [0.25, 0.3) is 0 Å². The van der Waals surface area contributed by atoms with E-state index >= 15 is 0 Å². The Hall–Kier alpha value is -1.50. The Balaban J connectivity index is 2.25. The molecule has 0 aliphatic heterocycles. The molecule has 1 rings (SSSR count). The smallest absolute Gasteiger partial charge is 0.384 e. The van der Waals surface area contributed by atoms with Crippen LogP contribution in [-0.4, -0.2) is 37.5 Å². The Morgan fingerprint density at radius 2 is 1.79 bits per heavy atom. The minimum absolute atomic E-state index is 0.00781. The van der Waals surface area contributed by atoms with Crippen LogP contribution in [0.2, 0.25) is 0 Å². The normalized spacial score (nSPS) is 11.4. The summed E-state index contributed by atoms with van der Waals surface area (Å²) in [7, 11) is 0. The van der Waals surface area contributed by atoms with Gasteiger partial charge in [-0.2, -0.15) is 13.2 Å². The van der Waals surface area contributed by atoms with Crippen LogP contribution in [0.3, 0.4) is 0 Å². The maximum absolute atomic E-state index is 11.8. The molecule has 0 atom stereocenters. The lowest BCUT2D eigenvalue weighted by atomic mass is 10.3. The third-order valence-electron chi connectivity index (χ3n) is 2.16. The number of halogens is 3. The number of hydrogen-bond acceptors (Lipinski definition) is 4. The molecule has 0 amide bonds. The number of pyridine rings is 1. The molecule has 7 heteroatoms. The summed E-state index contributed by atoms with van der Waals surface area (Å²) < 4.78 is 39.9. The SMILES string of the molecule is CCCNc1cncc(NCCOCC(F)(F)F)c1. The van der Waals surface area contributed by atoms with E-state index in [2.05, 4.69) is 27.3 Å². The number of aromatic nitrogens is 1. The van der Waals surface area contributed by atoms with Gasteiger partial charge in [-0.15, -0.1) is 0 Å². The van der Waals surface area contributed by atoms with Gasteiger partial charge in [0.2, 0.25) is 0 Å². The molecule has 0 aromatic carbocycles. The Kier molecular flexibility index (Phi) is 6.41. The molecule has 0 fully saturated rings. The molecular formula is C12H18F3N3O. The van der Waals surface area contributed by atoms with E-state index in [1.165, 1.54) is 0 Å².